The number of methoxy groups -OCH3 is 2. The third-order valence-corrected chi connectivity index (χ3v) is 9.60. The number of para-hydroxylation sites is 2. The monoisotopic (exact) mass is 902 g/mol. The zero-order valence-corrected chi connectivity index (χ0v) is 35.7. The van der Waals surface area contributed by atoms with Crippen molar-refractivity contribution in [1.29, 1.82) is 0 Å². The topological polar surface area (TPSA) is 288 Å². The standard InChI is InChI=1S/C39H46N6O17S/c1-39(2,3)27-16-19-32(40-23-27)63(52,53)43-36-34(62-31-12-7-6-11-30(31)55-5)37(42-35(41-36)26-14-17-28(54-4)18-15-26)58-25-29(24-57-33(46)13-10-22-60-45(50)51)61-38(47)56-20-8-9-21-59-44(48)49/h6-7,11-12,14-19,23,29H,8-10,13,20-22,24-25H2,1-5H3,(H,41,42,43). The lowest BCUT2D eigenvalue weighted by molar-refractivity contribution is -0.757. The summed E-state index contributed by atoms with van der Waals surface area (Å²) in [5.41, 5.74) is 0.817. The molecule has 0 radical (unpaired) electrons. The molecule has 0 spiro atoms. The normalized spacial score (nSPS) is 11.6. The summed E-state index contributed by atoms with van der Waals surface area (Å²) in [7, 11) is -1.64. The van der Waals surface area contributed by atoms with E-state index in [0.717, 1.165) is 5.56 Å². The largest absolute Gasteiger partial charge is 0.508 e. The lowest BCUT2D eigenvalue weighted by atomic mass is 9.88. The smallest absolute Gasteiger partial charge is 0.497 e. The number of hydrogen-bond donors (Lipinski definition) is 1. The Kier molecular flexibility index (Phi) is 17.8. The number of carbonyl (C=O) groups is 2. The third kappa shape index (κ3) is 15.6. The minimum absolute atomic E-state index is 0.0717. The first-order chi connectivity index (χ1) is 30.0. The Morgan fingerprint density at radius 3 is 2.10 bits per heavy atom. The highest BCUT2D eigenvalue weighted by molar-refractivity contribution is 7.92. The Morgan fingerprint density at radius 1 is 0.810 bits per heavy atom. The molecule has 0 bridgehead atoms. The maximum absolute atomic E-state index is 14.0. The van der Waals surface area contributed by atoms with Crippen LogP contribution in [-0.4, -0.2) is 99.0 Å². The second kappa shape index (κ2) is 23.1. The molecule has 1 unspecified atom stereocenters. The van der Waals surface area contributed by atoms with E-state index in [-0.39, 0.29) is 79.0 Å². The van der Waals surface area contributed by atoms with Gasteiger partial charge in [0.25, 0.3) is 26.1 Å². The summed E-state index contributed by atoms with van der Waals surface area (Å²) in [6, 6.07) is 15.8. The summed E-state index contributed by atoms with van der Waals surface area (Å²) in [5, 5.41) is 18.6. The Labute approximate surface area is 361 Å². The van der Waals surface area contributed by atoms with Crippen LogP contribution in [0.15, 0.2) is 71.9 Å². The number of carbonyl (C=O) groups excluding carboxylic acids is 2. The van der Waals surface area contributed by atoms with E-state index in [2.05, 4.69) is 29.3 Å². The number of sulfonamides is 1. The SMILES string of the molecule is COc1ccc(-c2nc(NS(=O)(=O)c3ccc(C(C)(C)C)cn3)c(Oc3ccccc3OC)c(OCC(COC(=O)CCCO[N+](=O)[O-])OC(=O)OCCCCO[N+](=O)[O-])n2)cc1. The van der Waals surface area contributed by atoms with Gasteiger partial charge in [0.1, 0.15) is 19.0 Å². The Morgan fingerprint density at radius 2 is 1.48 bits per heavy atom. The van der Waals surface area contributed by atoms with Gasteiger partial charge < -0.3 is 42.8 Å². The van der Waals surface area contributed by atoms with Gasteiger partial charge >= 0.3 is 12.1 Å². The van der Waals surface area contributed by atoms with Crippen molar-refractivity contribution in [3.8, 4) is 40.3 Å². The van der Waals surface area contributed by atoms with Crippen molar-refractivity contribution in [1.82, 2.24) is 15.0 Å². The number of nitrogens with one attached hydrogen (secondary N) is 1. The summed E-state index contributed by atoms with van der Waals surface area (Å²) in [4.78, 5) is 68.0. The Bertz CT molecular complexity index is 2270. The van der Waals surface area contributed by atoms with Crippen LogP contribution in [0, 0.1) is 20.2 Å². The van der Waals surface area contributed by atoms with Crippen molar-refractivity contribution >= 4 is 28.0 Å². The van der Waals surface area contributed by atoms with E-state index < -0.39 is 63.3 Å². The van der Waals surface area contributed by atoms with Crippen molar-refractivity contribution in [2.75, 3.05) is 52.0 Å². The fourth-order valence-corrected chi connectivity index (χ4v) is 6.04. The molecule has 0 aliphatic carbocycles. The fraction of sp³-hybridized carbons (Fsp3) is 0.410. The molecule has 2 aromatic carbocycles. The highest BCUT2D eigenvalue weighted by Crippen LogP contribution is 2.42. The molecule has 0 amide bonds. The highest BCUT2D eigenvalue weighted by atomic mass is 32.2. The molecule has 2 heterocycles. The number of nitrogens with zero attached hydrogens (tertiary/aromatic N) is 5. The minimum Gasteiger partial charge on any atom is -0.497 e. The summed E-state index contributed by atoms with van der Waals surface area (Å²) < 4.78 is 69.3. The zero-order valence-electron chi connectivity index (χ0n) is 34.9. The second-order valence-corrected chi connectivity index (χ2v) is 15.6. The van der Waals surface area contributed by atoms with Gasteiger partial charge in [0, 0.05) is 18.2 Å². The first-order valence-electron chi connectivity index (χ1n) is 19.0. The molecule has 0 aliphatic rings. The second-order valence-electron chi connectivity index (χ2n) is 14.0. The van der Waals surface area contributed by atoms with Gasteiger partial charge in [0.2, 0.25) is 5.75 Å². The van der Waals surface area contributed by atoms with Gasteiger partial charge in [0.05, 0.1) is 34.0 Å². The molecule has 0 fully saturated rings. The molecule has 0 aliphatic heterocycles. The molecule has 63 heavy (non-hydrogen) atoms. The van der Waals surface area contributed by atoms with Gasteiger partial charge in [0.15, 0.2) is 34.3 Å². The third-order valence-electron chi connectivity index (χ3n) is 8.35. The van der Waals surface area contributed by atoms with Crippen molar-refractivity contribution in [3.05, 3.63) is 92.7 Å². The van der Waals surface area contributed by atoms with Crippen LogP contribution in [0.2, 0.25) is 0 Å². The van der Waals surface area contributed by atoms with E-state index in [0.29, 0.717) is 11.3 Å². The van der Waals surface area contributed by atoms with Crippen LogP contribution in [-0.2, 0) is 44.1 Å². The number of anilines is 1. The van der Waals surface area contributed by atoms with Crippen LogP contribution in [0.25, 0.3) is 11.4 Å². The van der Waals surface area contributed by atoms with Gasteiger partial charge in [-0.05, 0) is 72.7 Å². The fourth-order valence-electron chi connectivity index (χ4n) is 5.10. The van der Waals surface area contributed by atoms with Gasteiger partial charge in [-0.15, -0.1) is 20.2 Å². The molecule has 0 saturated carbocycles. The van der Waals surface area contributed by atoms with Crippen LogP contribution < -0.4 is 23.7 Å². The summed E-state index contributed by atoms with van der Waals surface area (Å²) in [5.74, 6) is -1.31. The van der Waals surface area contributed by atoms with Crippen LogP contribution >= 0.6 is 0 Å². The molecular weight excluding hydrogens is 857 g/mol. The quantitative estimate of drug-likeness (QED) is 0.0352. The molecule has 4 rings (SSSR count). The highest BCUT2D eigenvalue weighted by Gasteiger charge is 2.28. The van der Waals surface area contributed by atoms with Crippen molar-refractivity contribution < 1.29 is 71.0 Å². The molecule has 1 N–H and O–H groups in total. The molecule has 0 saturated heterocycles. The first-order valence-corrected chi connectivity index (χ1v) is 20.5. The first kappa shape index (κ1) is 48.4. The number of unbranched alkanes of at least 4 members (excludes halogenated alkanes) is 1. The van der Waals surface area contributed by atoms with Crippen LogP contribution in [0.3, 0.4) is 0 Å². The van der Waals surface area contributed by atoms with Crippen molar-refractivity contribution in [3.63, 3.8) is 0 Å². The molecule has 1 atom stereocenters. The van der Waals surface area contributed by atoms with E-state index in [1.54, 1.807) is 48.5 Å². The molecule has 4 aromatic rings. The number of hydrogen-bond acceptors (Lipinski definition) is 20. The number of pyridine rings is 1. The van der Waals surface area contributed by atoms with Gasteiger partial charge in [-0.1, -0.05) is 39.0 Å². The predicted octanol–water partition coefficient (Wildman–Crippen LogP) is 5.87. The van der Waals surface area contributed by atoms with E-state index in [1.165, 1.54) is 32.5 Å². The molecule has 24 heteroatoms. The summed E-state index contributed by atoms with van der Waals surface area (Å²) >= 11 is 0. The molecule has 23 nitrogen and oxygen atoms in total. The zero-order chi connectivity index (χ0) is 46.0. The average Bonchev–Trinajstić information content (AvgIpc) is 3.25. The number of rotatable bonds is 25. The maximum Gasteiger partial charge on any atom is 0.508 e. The Hall–Kier alpha value is -7.24. The van der Waals surface area contributed by atoms with Crippen molar-refractivity contribution in [2.45, 2.75) is 63.0 Å². The van der Waals surface area contributed by atoms with E-state index in [4.69, 9.17) is 33.2 Å². The minimum atomic E-state index is -4.50. The van der Waals surface area contributed by atoms with Gasteiger partial charge in [-0.3, -0.25) is 9.52 Å². The van der Waals surface area contributed by atoms with Crippen LogP contribution in [0.5, 0.6) is 28.9 Å². The number of esters is 1. The predicted molar refractivity (Wildman–Crippen MR) is 218 cm³/mol. The number of ether oxygens (including phenoxy) is 7. The number of benzene rings is 2. The van der Waals surface area contributed by atoms with E-state index >= 15 is 0 Å². The summed E-state index contributed by atoms with van der Waals surface area (Å²) in [6.45, 7) is 3.73. The maximum atomic E-state index is 14.0. The summed E-state index contributed by atoms with van der Waals surface area (Å²) in [6.07, 6.45) is -1.26. The lowest BCUT2D eigenvalue weighted by Crippen LogP contribution is -2.31. The van der Waals surface area contributed by atoms with Crippen molar-refractivity contribution in [2.24, 2.45) is 0 Å². The average molecular weight is 903 g/mol. The Balaban J connectivity index is 1.74. The van der Waals surface area contributed by atoms with E-state index in [9.17, 15) is 38.2 Å². The molecule has 340 valence electrons. The van der Waals surface area contributed by atoms with Crippen LogP contribution in [0.4, 0.5) is 10.6 Å². The van der Waals surface area contributed by atoms with Gasteiger partial charge in [-0.25, -0.2) is 14.8 Å². The lowest BCUT2D eigenvalue weighted by Gasteiger charge is -2.21. The van der Waals surface area contributed by atoms with E-state index in [1.807, 2.05) is 20.8 Å². The number of aromatic nitrogens is 3. The van der Waals surface area contributed by atoms with Gasteiger partial charge in [-0.2, -0.15) is 13.4 Å². The molecule has 2 aromatic heterocycles. The molecular formula is C39H46N6O17S. The van der Waals surface area contributed by atoms with Crippen LogP contribution in [0.1, 0.15) is 52.0 Å².